The Hall–Kier alpha value is -1.88. The summed E-state index contributed by atoms with van der Waals surface area (Å²) in [5, 5.41) is 0. The van der Waals surface area contributed by atoms with Crippen LogP contribution in [0.3, 0.4) is 0 Å². The summed E-state index contributed by atoms with van der Waals surface area (Å²) in [6.45, 7) is 0.497. The number of para-hydroxylation sites is 1. The van der Waals surface area contributed by atoms with Crippen molar-refractivity contribution in [2.45, 2.75) is 11.3 Å². The number of sulfonamides is 1. The zero-order chi connectivity index (χ0) is 12.6. The lowest BCUT2D eigenvalue weighted by molar-refractivity contribution is 0.592. The van der Waals surface area contributed by atoms with Crippen LogP contribution in [0.1, 0.15) is 5.56 Å². The van der Waals surface area contributed by atoms with Crippen LogP contribution in [0.4, 0.5) is 5.69 Å². The van der Waals surface area contributed by atoms with Crippen LogP contribution in [0.25, 0.3) is 0 Å². The maximum Gasteiger partial charge on any atom is 0.265 e. The molecule has 1 aliphatic heterocycles. The summed E-state index contributed by atoms with van der Waals surface area (Å²) >= 11 is 0. The van der Waals surface area contributed by atoms with E-state index < -0.39 is 10.0 Å². The van der Waals surface area contributed by atoms with Gasteiger partial charge in [0.25, 0.3) is 10.0 Å². The molecule has 0 radical (unpaired) electrons. The molecule has 0 aliphatic carbocycles. The molecular formula is C13H12N2O2S. The lowest BCUT2D eigenvalue weighted by atomic mass is 10.2. The van der Waals surface area contributed by atoms with E-state index in [1.54, 1.807) is 18.3 Å². The normalized spacial score (nSPS) is 14.6. The molecule has 1 aromatic heterocycles. The first-order valence-electron chi connectivity index (χ1n) is 5.70. The van der Waals surface area contributed by atoms with Crippen molar-refractivity contribution in [1.29, 1.82) is 0 Å². The first kappa shape index (κ1) is 11.2. The highest BCUT2D eigenvalue weighted by atomic mass is 32.2. The first-order valence-corrected chi connectivity index (χ1v) is 7.14. The van der Waals surface area contributed by atoms with Gasteiger partial charge in [-0.2, -0.15) is 0 Å². The van der Waals surface area contributed by atoms with Gasteiger partial charge in [-0.05, 0) is 30.2 Å². The van der Waals surface area contributed by atoms with E-state index in [4.69, 9.17) is 0 Å². The molecule has 2 aromatic rings. The van der Waals surface area contributed by atoms with Crippen molar-refractivity contribution in [2.24, 2.45) is 0 Å². The van der Waals surface area contributed by atoms with Gasteiger partial charge in [-0.1, -0.05) is 18.2 Å². The third-order valence-corrected chi connectivity index (χ3v) is 4.86. The van der Waals surface area contributed by atoms with Gasteiger partial charge in [-0.15, -0.1) is 0 Å². The maximum atomic E-state index is 12.5. The van der Waals surface area contributed by atoms with Gasteiger partial charge < -0.3 is 0 Å². The largest absolute Gasteiger partial charge is 0.266 e. The zero-order valence-electron chi connectivity index (χ0n) is 9.65. The molecule has 0 spiro atoms. The molecule has 4 nitrogen and oxygen atoms in total. The van der Waals surface area contributed by atoms with Crippen molar-refractivity contribution < 1.29 is 8.42 Å². The molecule has 5 heteroatoms. The first-order chi connectivity index (χ1) is 8.69. The number of hydrogen-bond donors (Lipinski definition) is 0. The van der Waals surface area contributed by atoms with Gasteiger partial charge in [-0.25, -0.2) is 8.42 Å². The van der Waals surface area contributed by atoms with E-state index in [2.05, 4.69) is 4.98 Å². The number of pyridine rings is 1. The Labute approximate surface area is 106 Å². The monoisotopic (exact) mass is 260 g/mol. The van der Waals surface area contributed by atoms with Gasteiger partial charge in [0, 0.05) is 18.9 Å². The topological polar surface area (TPSA) is 50.3 Å². The SMILES string of the molecule is O=S(=O)(c1cccnc1)N1CCc2ccccc21. The lowest BCUT2D eigenvalue weighted by Crippen LogP contribution is -2.29. The third-order valence-electron chi connectivity index (χ3n) is 3.07. The van der Waals surface area contributed by atoms with Crippen molar-refractivity contribution in [3.05, 3.63) is 54.4 Å². The number of fused-ring (bicyclic) bond motifs is 1. The summed E-state index contributed by atoms with van der Waals surface area (Å²) in [7, 11) is -3.48. The van der Waals surface area contributed by atoms with Crippen LogP contribution in [0, 0.1) is 0 Å². The van der Waals surface area contributed by atoms with Gasteiger partial charge in [0.05, 0.1) is 5.69 Å². The molecule has 18 heavy (non-hydrogen) atoms. The van der Waals surface area contributed by atoms with Gasteiger partial charge in [0.2, 0.25) is 0 Å². The minimum absolute atomic E-state index is 0.238. The number of aromatic nitrogens is 1. The van der Waals surface area contributed by atoms with E-state index in [9.17, 15) is 8.42 Å². The van der Waals surface area contributed by atoms with Crippen LogP contribution >= 0.6 is 0 Å². The van der Waals surface area contributed by atoms with Crippen molar-refractivity contribution in [3.63, 3.8) is 0 Å². The third kappa shape index (κ3) is 1.67. The summed E-state index contributed by atoms with van der Waals surface area (Å²) in [4.78, 5) is 4.11. The molecule has 0 unspecified atom stereocenters. The molecule has 0 N–H and O–H groups in total. The Morgan fingerprint density at radius 2 is 1.94 bits per heavy atom. The second-order valence-electron chi connectivity index (χ2n) is 4.14. The predicted octanol–water partition coefficient (Wildman–Crippen LogP) is 1.83. The van der Waals surface area contributed by atoms with Crippen molar-refractivity contribution >= 4 is 15.7 Å². The zero-order valence-corrected chi connectivity index (χ0v) is 10.5. The predicted molar refractivity (Wildman–Crippen MR) is 68.9 cm³/mol. The van der Waals surface area contributed by atoms with E-state index in [0.29, 0.717) is 6.54 Å². The van der Waals surface area contributed by atoms with Gasteiger partial charge >= 0.3 is 0 Å². The number of anilines is 1. The van der Waals surface area contributed by atoms with Crippen molar-refractivity contribution in [3.8, 4) is 0 Å². The fraction of sp³-hybridized carbons (Fsp3) is 0.154. The van der Waals surface area contributed by atoms with Crippen molar-refractivity contribution in [1.82, 2.24) is 4.98 Å². The number of nitrogens with zero attached hydrogens (tertiary/aromatic N) is 2. The molecule has 0 saturated heterocycles. The van der Waals surface area contributed by atoms with Crippen LogP contribution in [-0.2, 0) is 16.4 Å². The fourth-order valence-corrected chi connectivity index (χ4v) is 3.65. The molecule has 0 amide bonds. The molecule has 0 atom stereocenters. The molecule has 0 fully saturated rings. The number of hydrogen-bond acceptors (Lipinski definition) is 3. The molecule has 92 valence electrons. The minimum Gasteiger partial charge on any atom is -0.266 e. The average Bonchev–Trinajstić information content (AvgIpc) is 2.84. The van der Waals surface area contributed by atoms with Crippen LogP contribution in [-0.4, -0.2) is 19.9 Å². The quantitative estimate of drug-likeness (QED) is 0.827. The molecule has 0 bridgehead atoms. The molecule has 0 saturated carbocycles. The smallest absolute Gasteiger partial charge is 0.265 e. The van der Waals surface area contributed by atoms with E-state index in [-0.39, 0.29) is 4.90 Å². The van der Waals surface area contributed by atoms with Crippen LogP contribution < -0.4 is 4.31 Å². The Bertz CT molecular complexity index is 668. The Balaban J connectivity index is 2.08. The fourth-order valence-electron chi connectivity index (χ4n) is 2.18. The Morgan fingerprint density at radius 3 is 2.72 bits per heavy atom. The number of rotatable bonds is 2. The standard InChI is InChI=1S/C13H12N2O2S/c16-18(17,12-5-3-8-14-10-12)15-9-7-11-4-1-2-6-13(11)15/h1-6,8,10H,7,9H2. The van der Waals surface area contributed by atoms with E-state index in [1.165, 1.54) is 10.5 Å². The van der Waals surface area contributed by atoms with E-state index in [1.807, 2.05) is 24.3 Å². The maximum absolute atomic E-state index is 12.5. The lowest BCUT2D eigenvalue weighted by Gasteiger charge is -2.19. The summed E-state index contributed by atoms with van der Waals surface area (Å²) < 4.78 is 26.4. The average molecular weight is 260 g/mol. The molecule has 3 rings (SSSR count). The highest BCUT2D eigenvalue weighted by molar-refractivity contribution is 7.92. The molecule has 1 aliphatic rings. The summed E-state index contributed by atoms with van der Waals surface area (Å²) in [5.74, 6) is 0. The van der Waals surface area contributed by atoms with Gasteiger partial charge in [-0.3, -0.25) is 9.29 Å². The summed E-state index contributed by atoms with van der Waals surface area (Å²) in [6.07, 6.45) is 3.71. The van der Waals surface area contributed by atoms with E-state index in [0.717, 1.165) is 17.7 Å². The Kier molecular flexibility index (Phi) is 2.56. The van der Waals surface area contributed by atoms with Crippen LogP contribution in [0.2, 0.25) is 0 Å². The van der Waals surface area contributed by atoms with Crippen LogP contribution in [0.15, 0.2) is 53.7 Å². The Morgan fingerprint density at radius 1 is 1.11 bits per heavy atom. The molecular weight excluding hydrogens is 248 g/mol. The van der Waals surface area contributed by atoms with Gasteiger partial charge in [0.15, 0.2) is 0 Å². The summed E-state index contributed by atoms with van der Waals surface area (Å²) in [6, 6.07) is 10.8. The second kappa shape index (κ2) is 4.10. The summed E-state index contributed by atoms with van der Waals surface area (Å²) in [5.41, 5.74) is 1.85. The highest BCUT2D eigenvalue weighted by Gasteiger charge is 2.30. The van der Waals surface area contributed by atoms with Crippen LogP contribution in [0.5, 0.6) is 0 Å². The van der Waals surface area contributed by atoms with E-state index >= 15 is 0 Å². The molecule has 2 heterocycles. The van der Waals surface area contributed by atoms with Gasteiger partial charge in [0.1, 0.15) is 4.90 Å². The van der Waals surface area contributed by atoms with Crippen molar-refractivity contribution in [2.75, 3.05) is 10.8 Å². The molecule has 1 aromatic carbocycles. The second-order valence-corrected chi connectivity index (χ2v) is 6.01. The number of benzene rings is 1. The minimum atomic E-state index is -3.48. The highest BCUT2D eigenvalue weighted by Crippen LogP contribution is 2.32.